The lowest BCUT2D eigenvalue weighted by Gasteiger charge is -2.24. The zero-order valence-electron chi connectivity index (χ0n) is 19.9. The van der Waals surface area contributed by atoms with Gasteiger partial charge in [0.15, 0.2) is 5.78 Å². The molecule has 7 nitrogen and oxygen atoms in total. The molecule has 2 aliphatic rings. The van der Waals surface area contributed by atoms with E-state index in [1.54, 1.807) is 12.0 Å². The molecule has 192 valence electrons. The number of ketones is 1. The highest BCUT2D eigenvalue weighted by molar-refractivity contribution is 5.97. The highest BCUT2D eigenvalue weighted by atomic mass is 19.4. The van der Waals surface area contributed by atoms with Crippen molar-refractivity contribution >= 4 is 23.3 Å². The molecule has 2 atom stereocenters. The second kappa shape index (κ2) is 10.7. The van der Waals surface area contributed by atoms with E-state index in [0.29, 0.717) is 19.5 Å². The second-order valence-electron chi connectivity index (χ2n) is 9.21. The predicted molar refractivity (Wildman–Crippen MR) is 127 cm³/mol. The topological polar surface area (TPSA) is 79.0 Å². The summed E-state index contributed by atoms with van der Waals surface area (Å²) in [5.41, 5.74) is -0.230. The van der Waals surface area contributed by atoms with E-state index in [0.717, 1.165) is 42.6 Å². The number of alkyl halides is 3. The fourth-order valence-electron chi connectivity index (χ4n) is 4.82. The van der Waals surface area contributed by atoms with Crippen LogP contribution in [0.1, 0.15) is 35.2 Å². The number of Topliss-reactive ketones (excluding diaryl/α,β-unsaturated/α-hetero) is 1. The summed E-state index contributed by atoms with van der Waals surface area (Å²) < 4.78 is 43.7. The summed E-state index contributed by atoms with van der Waals surface area (Å²) in [6.07, 6.45) is -3.06. The van der Waals surface area contributed by atoms with Crippen molar-refractivity contribution in [3.8, 4) is 5.75 Å². The van der Waals surface area contributed by atoms with Gasteiger partial charge >= 0.3 is 6.18 Å². The van der Waals surface area contributed by atoms with Crippen LogP contribution in [-0.4, -0.2) is 61.8 Å². The van der Waals surface area contributed by atoms with Crippen LogP contribution >= 0.6 is 0 Å². The van der Waals surface area contributed by atoms with Crippen molar-refractivity contribution in [1.29, 1.82) is 0 Å². The van der Waals surface area contributed by atoms with Crippen molar-refractivity contribution in [1.82, 2.24) is 10.2 Å². The Balaban J connectivity index is 1.24. The third-order valence-electron chi connectivity index (χ3n) is 6.74. The molecule has 2 aromatic carbocycles. The molecule has 2 fully saturated rings. The van der Waals surface area contributed by atoms with Gasteiger partial charge in [-0.1, -0.05) is 6.07 Å². The summed E-state index contributed by atoms with van der Waals surface area (Å²) in [6, 6.07) is 11.5. The normalized spacial score (nSPS) is 20.6. The number of benzene rings is 2. The SMILES string of the molecule is COc1ccc(N2CC(N3CC[C@@H](CC(=O)CNC(=O)c4cccc(C(F)(F)F)c4)C3)CC2=O)cc1. The largest absolute Gasteiger partial charge is 0.497 e. The van der Waals surface area contributed by atoms with Crippen LogP contribution in [0.3, 0.4) is 0 Å². The number of nitrogens with zero attached hydrogens (tertiary/aromatic N) is 2. The van der Waals surface area contributed by atoms with Crippen LogP contribution in [0.25, 0.3) is 0 Å². The number of methoxy groups -OCH3 is 1. The molecule has 2 heterocycles. The summed E-state index contributed by atoms with van der Waals surface area (Å²) in [5, 5.41) is 2.43. The Morgan fingerprint density at radius 1 is 1.11 bits per heavy atom. The van der Waals surface area contributed by atoms with Gasteiger partial charge in [0.25, 0.3) is 5.91 Å². The van der Waals surface area contributed by atoms with Gasteiger partial charge in [-0.3, -0.25) is 19.3 Å². The molecular formula is C26H28F3N3O4. The Morgan fingerprint density at radius 3 is 2.56 bits per heavy atom. The fraction of sp³-hybridized carbons (Fsp3) is 0.423. The molecule has 1 unspecified atom stereocenters. The summed E-state index contributed by atoms with van der Waals surface area (Å²) >= 11 is 0. The first-order valence-corrected chi connectivity index (χ1v) is 11.8. The first-order chi connectivity index (χ1) is 17.1. The smallest absolute Gasteiger partial charge is 0.416 e. The van der Waals surface area contributed by atoms with Crippen LogP contribution in [0.15, 0.2) is 48.5 Å². The molecule has 4 rings (SSSR count). The molecule has 2 aromatic rings. The maximum absolute atomic E-state index is 12.9. The molecule has 0 bridgehead atoms. The molecule has 2 amide bonds. The van der Waals surface area contributed by atoms with Gasteiger partial charge in [-0.2, -0.15) is 13.2 Å². The number of hydrogen-bond donors (Lipinski definition) is 1. The van der Waals surface area contributed by atoms with Gasteiger partial charge in [-0.05, 0) is 61.3 Å². The van der Waals surface area contributed by atoms with E-state index in [4.69, 9.17) is 4.74 Å². The molecule has 0 radical (unpaired) electrons. The van der Waals surface area contributed by atoms with E-state index < -0.39 is 17.6 Å². The minimum Gasteiger partial charge on any atom is -0.497 e. The van der Waals surface area contributed by atoms with E-state index in [-0.39, 0.29) is 42.2 Å². The monoisotopic (exact) mass is 503 g/mol. The van der Waals surface area contributed by atoms with Crippen LogP contribution < -0.4 is 15.0 Å². The number of likely N-dealkylation sites (tertiary alicyclic amines) is 1. The van der Waals surface area contributed by atoms with E-state index in [1.165, 1.54) is 6.07 Å². The molecule has 2 aliphatic heterocycles. The van der Waals surface area contributed by atoms with Crippen LogP contribution in [0.2, 0.25) is 0 Å². The molecule has 10 heteroatoms. The van der Waals surface area contributed by atoms with Gasteiger partial charge in [0.2, 0.25) is 5.91 Å². The second-order valence-corrected chi connectivity index (χ2v) is 9.21. The number of hydrogen-bond acceptors (Lipinski definition) is 5. The standard InChI is InChI=1S/C26H28F3N3O4/c1-36-23-7-5-20(6-8-23)32-16-21(13-24(32)34)31-10-9-17(15-31)11-22(33)14-30-25(35)18-3-2-4-19(12-18)26(27,28)29/h2-8,12,17,21H,9-11,13-16H2,1H3,(H,30,35)/t17-,21?/m0/s1. The summed E-state index contributed by atoms with van der Waals surface area (Å²) in [6.45, 7) is 1.81. The maximum Gasteiger partial charge on any atom is 0.416 e. The van der Waals surface area contributed by atoms with E-state index >= 15 is 0 Å². The number of amides is 2. The molecule has 1 N–H and O–H groups in total. The maximum atomic E-state index is 12.9. The average molecular weight is 504 g/mol. The molecule has 36 heavy (non-hydrogen) atoms. The quantitative estimate of drug-likeness (QED) is 0.597. The van der Waals surface area contributed by atoms with Gasteiger partial charge in [-0.25, -0.2) is 0 Å². The van der Waals surface area contributed by atoms with E-state index in [1.807, 2.05) is 24.3 Å². The zero-order chi connectivity index (χ0) is 25.9. The Hall–Kier alpha value is -3.40. The number of halogens is 3. The summed E-state index contributed by atoms with van der Waals surface area (Å²) in [4.78, 5) is 41.3. The van der Waals surface area contributed by atoms with Crippen LogP contribution in [0, 0.1) is 5.92 Å². The Kier molecular flexibility index (Phi) is 7.63. The Morgan fingerprint density at radius 2 is 1.86 bits per heavy atom. The molecule has 0 aliphatic carbocycles. The van der Waals surface area contributed by atoms with Gasteiger partial charge in [0.05, 0.1) is 19.2 Å². The molecule has 0 aromatic heterocycles. The Labute approximate surface area is 207 Å². The molecule has 2 saturated heterocycles. The molecule has 0 saturated carbocycles. The first-order valence-electron chi connectivity index (χ1n) is 11.8. The van der Waals surface area contributed by atoms with Crippen molar-refractivity contribution < 1.29 is 32.3 Å². The minimum absolute atomic E-state index is 0.0574. The van der Waals surface area contributed by atoms with Crippen molar-refractivity contribution in [2.75, 3.05) is 38.2 Å². The number of rotatable bonds is 8. The minimum atomic E-state index is -4.55. The number of carbonyl (C=O) groups excluding carboxylic acids is 3. The summed E-state index contributed by atoms with van der Waals surface area (Å²) in [7, 11) is 1.59. The molecular weight excluding hydrogens is 475 g/mol. The summed E-state index contributed by atoms with van der Waals surface area (Å²) in [5.74, 6) is -0.00904. The highest BCUT2D eigenvalue weighted by Gasteiger charge is 2.38. The number of nitrogens with one attached hydrogen (secondary N) is 1. The first kappa shape index (κ1) is 25.7. The van der Waals surface area contributed by atoms with Crippen LogP contribution in [0.5, 0.6) is 5.75 Å². The zero-order valence-corrected chi connectivity index (χ0v) is 19.9. The third-order valence-corrected chi connectivity index (χ3v) is 6.74. The van der Waals surface area contributed by atoms with Gasteiger partial charge < -0.3 is 15.0 Å². The fourth-order valence-corrected chi connectivity index (χ4v) is 4.82. The Bertz CT molecular complexity index is 1120. The number of ether oxygens (including phenoxy) is 1. The van der Waals surface area contributed by atoms with Crippen molar-refractivity contribution in [2.24, 2.45) is 5.92 Å². The highest BCUT2D eigenvalue weighted by Crippen LogP contribution is 2.31. The number of carbonyl (C=O) groups is 3. The van der Waals surface area contributed by atoms with Crippen LogP contribution in [0.4, 0.5) is 18.9 Å². The lowest BCUT2D eigenvalue weighted by Crippen LogP contribution is -2.36. The number of anilines is 1. The van der Waals surface area contributed by atoms with Gasteiger partial charge in [0.1, 0.15) is 5.75 Å². The van der Waals surface area contributed by atoms with Gasteiger partial charge in [-0.15, -0.1) is 0 Å². The third kappa shape index (κ3) is 6.04. The predicted octanol–water partition coefficient (Wildman–Crippen LogP) is 3.53. The lowest BCUT2D eigenvalue weighted by atomic mass is 10.0. The lowest BCUT2D eigenvalue weighted by molar-refractivity contribution is -0.137. The van der Waals surface area contributed by atoms with Crippen molar-refractivity contribution in [2.45, 2.75) is 31.5 Å². The van der Waals surface area contributed by atoms with Gasteiger partial charge in [0, 0.05) is 43.2 Å². The average Bonchev–Trinajstić information content (AvgIpc) is 3.48. The molecule has 0 spiro atoms. The van der Waals surface area contributed by atoms with E-state index in [2.05, 4.69) is 10.2 Å². The van der Waals surface area contributed by atoms with Crippen molar-refractivity contribution in [3.05, 3.63) is 59.7 Å². The van der Waals surface area contributed by atoms with Crippen LogP contribution in [-0.2, 0) is 15.8 Å². The van der Waals surface area contributed by atoms with E-state index in [9.17, 15) is 27.6 Å². The van der Waals surface area contributed by atoms with Crippen molar-refractivity contribution in [3.63, 3.8) is 0 Å².